The SMILES string of the molecule is N#Cc1ccc(-c2cccc(C(NCc3ccc(-c4c5ccccc5cc5c4ccc4ccccc45)cc3)NC(N)c3ccccc3)c2)cc1. The molecule has 4 nitrogen and oxygen atoms in total. The molecule has 0 spiro atoms. The number of nitrogens with zero attached hydrogens (tertiary/aromatic N) is 1. The summed E-state index contributed by atoms with van der Waals surface area (Å²) in [6, 6.07) is 61.5. The zero-order valence-corrected chi connectivity index (χ0v) is 27.6. The highest BCUT2D eigenvalue weighted by Gasteiger charge is 2.17. The van der Waals surface area contributed by atoms with Crippen molar-refractivity contribution in [3.63, 3.8) is 0 Å². The van der Waals surface area contributed by atoms with E-state index in [2.05, 4.69) is 132 Å². The van der Waals surface area contributed by atoms with Gasteiger partial charge in [0.25, 0.3) is 0 Å². The Morgan fingerprint density at radius 2 is 1.20 bits per heavy atom. The predicted molar refractivity (Wildman–Crippen MR) is 207 cm³/mol. The number of hydrogen-bond donors (Lipinski definition) is 3. The summed E-state index contributed by atoms with van der Waals surface area (Å²) in [6.45, 7) is 0.640. The second kappa shape index (κ2) is 13.8. The van der Waals surface area contributed by atoms with E-state index in [-0.39, 0.29) is 12.3 Å². The molecule has 0 amide bonds. The summed E-state index contributed by atoms with van der Waals surface area (Å²) in [6.07, 6.45) is -0.594. The van der Waals surface area contributed by atoms with Crippen LogP contribution in [0.25, 0.3) is 54.6 Å². The van der Waals surface area contributed by atoms with Crippen molar-refractivity contribution in [2.75, 3.05) is 0 Å². The fourth-order valence-electron chi connectivity index (χ4n) is 6.98. The normalized spacial score (nSPS) is 12.6. The maximum atomic E-state index is 9.26. The molecule has 0 radical (unpaired) electrons. The summed E-state index contributed by atoms with van der Waals surface area (Å²) >= 11 is 0. The lowest BCUT2D eigenvalue weighted by Crippen LogP contribution is -2.39. The zero-order chi connectivity index (χ0) is 33.9. The minimum atomic E-state index is -0.370. The molecule has 8 aromatic rings. The van der Waals surface area contributed by atoms with E-state index in [4.69, 9.17) is 5.73 Å². The third-order valence-corrected chi connectivity index (χ3v) is 9.60. The summed E-state index contributed by atoms with van der Waals surface area (Å²) in [4.78, 5) is 0. The molecule has 0 aliphatic rings. The Labute approximate surface area is 292 Å². The largest absolute Gasteiger partial charge is 0.312 e. The summed E-state index contributed by atoms with van der Waals surface area (Å²) in [7, 11) is 0. The van der Waals surface area contributed by atoms with Crippen molar-refractivity contribution in [1.82, 2.24) is 10.6 Å². The molecule has 50 heavy (non-hydrogen) atoms. The minimum Gasteiger partial charge on any atom is -0.312 e. The molecule has 0 bridgehead atoms. The standard InChI is InChI=1S/C46H36N4/c47-29-31-17-21-33(22-18-31)37-13-8-14-39(27-37)46(50-45(48)36-10-2-1-3-11-36)49-30-32-19-23-35(24-20-32)44-41-16-7-5-12-38(41)28-43-40-15-6-4-9-34(40)25-26-42(43)44/h1-28,45-46,49-50H,30,48H2. The molecule has 0 aromatic heterocycles. The van der Waals surface area contributed by atoms with Gasteiger partial charge in [-0.1, -0.05) is 146 Å². The van der Waals surface area contributed by atoms with Crippen molar-refractivity contribution in [2.45, 2.75) is 18.9 Å². The van der Waals surface area contributed by atoms with Gasteiger partial charge in [0, 0.05) is 6.54 Å². The van der Waals surface area contributed by atoms with Crippen LogP contribution in [0.5, 0.6) is 0 Å². The smallest absolute Gasteiger partial charge is 0.0991 e. The van der Waals surface area contributed by atoms with E-state index in [1.165, 1.54) is 49.0 Å². The molecule has 4 heteroatoms. The highest BCUT2D eigenvalue weighted by molar-refractivity contribution is 6.20. The van der Waals surface area contributed by atoms with Gasteiger partial charge in [-0.3, -0.25) is 10.6 Å². The van der Waals surface area contributed by atoms with Crippen molar-refractivity contribution in [3.05, 3.63) is 192 Å². The van der Waals surface area contributed by atoms with Crippen LogP contribution in [-0.2, 0) is 6.54 Å². The number of nitrogens with two attached hydrogens (primary N) is 1. The highest BCUT2D eigenvalue weighted by Crippen LogP contribution is 2.39. The topological polar surface area (TPSA) is 73.9 Å². The van der Waals surface area contributed by atoms with E-state index >= 15 is 0 Å². The van der Waals surface area contributed by atoms with Crippen molar-refractivity contribution in [2.24, 2.45) is 5.73 Å². The van der Waals surface area contributed by atoms with Crippen molar-refractivity contribution >= 4 is 32.3 Å². The average Bonchev–Trinajstić information content (AvgIpc) is 3.19. The predicted octanol–water partition coefficient (Wildman–Crippen LogP) is 10.4. The van der Waals surface area contributed by atoms with Crippen LogP contribution < -0.4 is 16.4 Å². The van der Waals surface area contributed by atoms with Gasteiger partial charge in [0.1, 0.15) is 0 Å². The number of benzene rings is 8. The maximum absolute atomic E-state index is 9.26. The quantitative estimate of drug-likeness (QED) is 0.0830. The first-order chi connectivity index (χ1) is 24.6. The number of hydrogen-bond acceptors (Lipinski definition) is 4. The number of nitriles is 1. The monoisotopic (exact) mass is 644 g/mol. The third kappa shape index (κ3) is 6.25. The van der Waals surface area contributed by atoms with Gasteiger partial charge in [0.2, 0.25) is 0 Å². The van der Waals surface area contributed by atoms with Crippen LogP contribution in [-0.4, -0.2) is 0 Å². The zero-order valence-electron chi connectivity index (χ0n) is 27.6. The Kier molecular flexibility index (Phi) is 8.61. The summed E-state index contributed by atoms with van der Waals surface area (Å²) in [5.41, 5.74) is 15.2. The fraction of sp³-hybridized carbons (Fsp3) is 0.0652. The first-order valence-electron chi connectivity index (χ1n) is 17.0. The molecule has 0 aliphatic carbocycles. The summed E-state index contributed by atoms with van der Waals surface area (Å²) in [5.74, 6) is 0. The van der Waals surface area contributed by atoms with Gasteiger partial charge in [-0.15, -0.1) is 0 Å². The fourth-order valence-corrected chi connectivity index (χ4v) is 6.98. The number of fused-ring (bicyclic) bond motifs is 4. The van der Waals surface area contributed by atoms with E-state index in [1.807, 2.05) is 54.6 Å². The average molecular weight is 645 g/mol. The van der Waals surface area contributed by atoms with Crippen molar-refractivity contribution in [1.29, 1.82) is 5.26 Å². The van der Waals surface area contributed by atoms with E-state index in [1.54, 1.807) is 0 Å². The minimum absolute atomic E-state index is 0.224. The van der Waals surface area contributed by atoms with Crippen molar-refractivity contribution in [3.8, 4) is 28.3 Å². The molecule has 2 unspecified atom stereocenters. The Balaban J connectivity index is 1.11. The lowest BCUT2D eigenvalue weighted by Gasteiger charge is -2.26. The Hall–Kier alpha value is -6.09. The van der Waals surface area contributed by atoms with Gasteiger partial charge in [0.05, 0.1) is 24.0 Å². The van der Waals surface area contributed by atoms with E-state index in [9.17, 15) is 5.26 Å². The lowest BCUT2D eigenvalue weighted by molar-refractivity contribution is 0.386. The molecule has 0 saturated heterocycles. The van der Waals surface area contributed by atoms with Crippen LogP contribution in [0.3, 0.4) is 0 Å². The van der Waals surface area contributed by atoms with Gasteiger partial charge < -0.3 is 5.73 Å². The van der Waals surface area contributed by atoms with Crippen LogP contribution >= 0.6 is 0 Å². The Bertz CT molecular complexity index is 2480. The Morgan fingerprint density at radius 1 is 0.520 bits per heavy atom. The summed E-state index contributed by atoms with van der Waals surface area (Å²) in [5, 5.41) is 24.2. The van der Waals surface area contributed by atoms with E-state index < -0.39 is 0 Å². The molecule has 4 N–H and O–H groups in total. The van der Waals surface area contributed by atoms with E-state index in [0.717, 1.165) is 22.3 Å². The first-order valence-corrected chi connectivity index (χ1v) is 17.0. The molecule has 2 atom stereocenters. The summed E-state index contributed by atoms with van der Waals surface area (Å²) < 4.78 is 0. The second-order valence-electron chi connectivity index (χ2n) is 12.7. The van der Waals surface area contributed by atoms with Gasteiger partial charge >= 0.3 is 0 Å². The molecular weight excluding hydrogens is 609 g/mol. The Morgan fingerprint density at radius 3 is 1.98 bits per heavy atom. The van der Waals surface area contributed by atoms with Gasteiger partial charge in [-0.25, -0.2) is 0 Å². The van der Waals surface area contributed by atoms with Gasteiger partial charge in [0.15, 0.2) is 0 Å². The molecule has 240 valence electrons. The molecule has 0 heterocycles. The molecule has 0 aliphatic heterocycles. The van der Waals surface area contributed by atoms with Gasteiger partial charge in [-0.05, 0) is 95.5 Å². The van der Waals surface area contributed by atoms with Crippen LogP contribution in [0.2, 0.25) is 0 Å². The number of rotatable bonds is 9. The van der Waals surface area contributed by atoms with Crippen LogP contribution in [0.15, 0.2) is 170 Å². The molecular formula is C46H36N4. The van der Waals surface area contributed by atoms with Crippen LogP contribution in [0.1, 0.15) is 34.6 Å². The first kappa shape index (κ1) is 31.2. The van der Waals surface area contributed by atoms with Crippen molar-refractivity contribution < 1.29 is 0 Å². The van der Waals surface area contributed by atoms with E-state index in [0.29, 0.717) is 12.1 Å². The molecule has 0 saturated carbocycles. The number of nitrogens with one attached hydrogen (secondary N) is 2. The van der Waals surface area contributed by atoms with Crippen LogP contribution in [0, 0.1) is 11.3 Å². The second-order valence-corrected chi connectivity index (χ2v) is 12.7. The molecule has 8 aromatic carbocycles. The molecule has 8 rings (SSSR count). The lowest BCUT2D eigenvalue weighted by atomic mass is 9.89. The maximum Gasteiger partial charge on any atom is 0.0991 e. The van der Waals surface area contributed by atoms with Crippen LogP contribution in [0.4, 0.5) is 0 Å². The highest BCUT2D eigenvalue weighted by atomic mass is 15.2. The third-order valence-electron chi connectivity index (χ3n) is 9.60. The van der Waals surface area contributed by atoms with Gasteiger partial charge in [-0.2, -0.15) is 5.26 Å². The molecule has 0 fully saturated rings.